The van der Waals surface area contributed by atoms with Crippen molar-refractivity contribution in [3.63, 3.8) is 0 Å². The minimum absolute atomic E-state index is 0.0633. The summed E-state index contributed by atoms with van der Waals surface area (Å²) in [5.74, 6) is 1.19. The molecule has 0 saturated carbocycles. The molecule has 0 radical (unpaired) electrons. The number of ether oxygens (including phenoxy) is 2. The molecule has 162 valence electrons. The lowest BCUT2D eigenvalue weighted by Crippen LogP contribution is -2.43. The fraction of sp³-hybridized carbons (Fsp3) is 0.250. The van der Waals surface area contributed by atoms with E-state index >= 15 is 0 Å². The summed E-state index contributed by atoms with van der Waals surface area (Å²) in [4.78, 5) is 24.2. The van der Waals surface area contributed by atoms with Crippen molar-refractivity contribution in [3.05, 3.63) is 83.3 Å². The van der Waals surface area contributed by atoms with Crippen molar-refractivity contribution >= 4 is 11.8 Å². The summed E-state index contributed by atoms with van der Waals surface area (Å²) in [5, 5.41) is 0. The molecule has 2 aromatic carbocycles. The summed E-state index contributed by atoms with van der Waals surface area (Å²) in [6, 6.07) is 18.4. The molecule has 0 spiro atoms. The maximum Gasteiger partial charge on any atom is 0.305 e. The predicted molar refractivity (Wildman–Crippen MR) is 116 cm³/mol. The molecule has 0 saturated heterocycles. The minimum Gasteiger partial charge on any atom is -0.486 e. The third-order valence-electron chi connectivity index (χ3n) is 4.56. The largest absolute Gasteiger partial charge is 0.486 e. The molecule has 3 rings (SSSR count). The van der Waals surface area contributed by atoms with Crippen molar-refractivity contribution in [1.29, 1.82) is 0 Å². The lowest BCUT2D eigenvalue weighted by molar-refractivity contribution is -0.123. The summed E-state index contributed by atoms with van der Waals surface area (Å²) < 4.78 is 16.6. The van der Waals surface area contributed by atoms with E-state index in [-0.39, 0.29) is 19.0 Å². The van der Waals surface area contributed by atoms with Crippen LogP contribution in [0.25, 0.3) is 0 Å². The van der Waals surface area contributed by atoms with E-state index in [1.54, 1.807) is 6.07 Å². The number of hydrazine groups is 1. The zero-order chi connectivity index (χ0) is 22.2. The van der Waals surface area contributed by atoms with Gasteiger partial charge in [-0.25, -0.2) is 0 Å². The van der Waals surface area contributed by atoms with Crippen LogP contribution in [0.5, 0.6) is 11.5 Å². The van der Waals surface area contributed by atoms with Gasteiger partial charge in [0.15, 0.2) is 12.4 Å². The van der Waals surface area contributed by atoms with Crippen molar-refractivity contribution in [3.8, 4) is 11.5 Å². The SMILES string of the molecule is Cc1ccc(C(C)C)cc1OCC(=O)NNC(=O)c1ccc(COc2ccccc2)o1. The van der Waals surface area contributed by atoms with Gasteiger partial charge in [-0.05, 0) is 54.3 Å². The highest BCUT2D eigenvalue weighted by Crippen LogP contribution is 2.24. The Labute approximate surface area is 181 Å². The number of furan rings is 1. The number of aryl methyl sites for hydroxylation is 1. The molecule has 0 aliphatic heterocycles. The van der Waals surface area contributed by atoms with Crippen LogP contribution in [0.1, 0.15) is 47.2 Å². The average Bonchev–Trinajstić information content (AvgIpc) is 3.25. The number of hydrogen-bond donors (Lipinski definition) is 2. The lowest BCUT2D eigenvalue weighted by Gasteiger charge is -2.13. The first-order valence-corrected chi connectivity index (χ1v) is 10.0. The predicted octanol–water partition coefficient (Wildman–Crippen LogP) is 4.13. The van der Waals surface area contributed by atoms with Crippen LogP contribution in [0.3, 0.4) is 0 Å². The Bertz CT molecular complexity index is 1030. The van der Waals surface area contributed by atoms with Gasteiger partial charge in [0.05, 0.1) is 0 Å². The highest BCUT2D eigenvalue weighted by molar-refractivity contribution is 5.93. The van der Waals surface area contributed by atoms with E-state index in [4.69, 9.17) is 13.9 Å². The average molecular weight is 422 g/mol. The zero-order valence-electron chi connectivity index (χ0n) is 17.8. The van der Waals surface area contributed by atoms with Crippen LogP contribution < -0.4 is 20.3 Å². The van der Waals surface area contributed by atoms with E-state index in [1.807, 2.05) is 55.5 Å². The summed E-state index contributed by atoms with van der Waals surface area (Å²) in [5.41, 5.74) is 6.69. The Kier molecular flexibility index (Phi) is 7.32. The van der Waals surface area contributed by atoms with Gasteiger partial charge in [-0.3, -0.25) is 20.4 Å². The van der Waals surface area contributed by atoms with Crippen LogP contribution in [0, 0.1) is 6.92 Å². The Morgan fingerprint density at radius 1 is 0.968 bits per heavy atom. The van der Waals surface area contributed by atoms with Crippen molar-refractivity contribution in [2.24, 2.45) is 0 Å². The fourth-order valence-corrected chi connectivity index (χ4v) is 2.75. The van der Waals surface area contributed by atoms with Gasteiger partial charge in [-0.15, -0.1) is 0 Å². The van der Waals surface area contributed by atoms with E-state index in [9.17, 15) is 9.59 Å². The van der Waals surface area contributed by atoms with E-state index in [1.165, 1.54) is 6.07 Å². The first-order chi connectivity index (χ1) is 14.9. The number of benzene rings is 2. The van der Waals surface area contributed by atoms with Gasteiger partial charge >= 0.3 is 5.91 Å². The standard InChI is InChI=1S/C24H26N2O5/c1-16(2)18-10-9-17(3)22(13-18)30-15-23(27)25-26-24(28)21-12-11-20(31-21)14-29-19-7-5-4-6-8-19/h4-13,16H,14-15H2,1-3H3,(H,25,27)(H,26,28). The Hall–Kier alpha value is -3.74. The van der Waals surface area contributed by atoms with Crippen molar-refractivity contribution in [1.82, 2.24) is 10.9 Å². The van der Waals surface area contributed by atoms with Gasteiger partial charge in [0, 0.05) is 0 Å². The van der Waals surface area contributed by atoms with Crippen LogP contribution in [0.4, 0.5) is 0 Å². The number of para-hydroxylation sites is 1. The molecule has 0 fully saturated rings. The van der Waals surface area contributed by atoms with Gasteiger partial charge in [-0.2, -0.15) is 0 Å². The Balaban J connectivity index is 1.45. The van der Waals surface area contributed by atoms with Crippen LogP contribution in [0.15, 0.2) is 65.1 Å². The highest BCUT2D eigenvalue weighted by atomic mass is 16.5. The minimum atomic E-state index is -0.572. The van der Waals surface area contributed by atoms with Crippen LogP contribution in [-0.2, 0) is 11.4 Å². The molecule has 0 atom stereocenters. The molecule has 1 aromatic heterocycles. The molecule has 31 heavy (non-hydrogen) atoms. The fourth-order valence-electron chi connectivity index (χ4n) is 2.75. The van der Waals surface area contributed by atoms with Crippen LogP contribution in [0.2, 0.25) is 0 Å². The van der Waals surface area contributed by atoms with Gasteiger partial charge in [0.25, 0.3) is 5.91 Å². The monoisotopic (exact) mass is 422 g/mol. The second kappa shape index (κ2) is 10.3. The van der Waals surface area contributed by atoms with Gasteiger partial charge < -0.3 is 13.9 Å². The van der Waals surface area contributed by atoms with Crippen molar-refractivity contribution in [2.45, 2.75) is 33.3 Å². The molecular weight excluding hydrogens is 396 g/mol. The van der Waals surface area contributed by atoms with Gasteiger partial charge in [0.2, 0.25) is 0 Å². The van der Waals surface area contributed by atoms with Crippen molar-refractivity contribution in [2.75, 3.05) is 6.61 Å². The zero-order valence-corrected chi connectivity index (χ0v) is 17.8. The van der Waals surface area contributed by atoms with E-state index < -0.39 is 11.8 Å². The molecule has 7 heteroatoms. The van der Waals surface area contributed by atoms with Crippen LogP contribution >= 0.6 is 0 Å². The Morgan fingerprint density at radius 3 is 2.48 bits per heavy atom. The Morgan fingerprint density at radius 2 is 1.74 bits per heavy atom. The second-order valence-electron chi connectivity index (χ2n) is 7.34. The number of amides is 2. The molecule has 1 heterocycles. The molecule has 2 amide bonds. The van der Waals surface area contributed by atoms with E-state index in [2.05, 4.69) is 24.7 Å². The molecular formula is C24H26N2O5. The topological polar surface area (TPSA) is 89.8 Å². The maximum absolute atomic E-state index is 12.2. The molecule has 0 aliphatic rings. The van der Waals surface area contributed by atoms with E-state index in [0.717, 1.165) is 11.1 Å². The molecule has 0 unspecified atom stereocenters. The summed E-state index contributed by atoms with van der Waals surface area (Å²) in [7, 11) is 0. The number of hydrogen-bond acceptors (Lipinski definition) is 5. The molecule has 7 nitrogen and oxygen atoms in total. The highest BCUT2D eigenvalue weighted by Gasteiger charge is 2.13. The number of carbonyl (C=O) groups excluding carboxylic acids is 2. The maximum atomic E-state index is 12.2. The summed E-state index contributed by atoms with van der Waals surface area (Å²) in [6.45, 7) is 6.05. The quantitative estimate of drug-likeness (QED) is 0.533. The first-order valence-electron chi connectivity index (χ1n) is 10.0. The smallest absolute Gasteiger partial charge is 0.305 e. The number of carbonyl (C=O) groups is 2. The summed E-state index contributed by atoms with van der Waals surface area (Å²) in [6.07, 6.45) is 0. The number of nitrogens with one attached hydrogen (secondary N) is 2. The first kappa shape index (κ1) is 22.0. The normalized spacial score (nSPS) is 10.6. The molecule has 0 bridgehead atoms. The van der Waals surface area contributed by atoms with E-state index in [0.29, 0.717) is 23.2 Å². The third-order valence-corrected chi connectivity index (χ3v) is 4.56. The molecule has 3 aromatic rings. The van der Waals surface area contributed by atoms with Crippen molar-refractivity contribution < 1.29 is 23.5 Å². The lowest BCUT2D eigenvalue weighted by atomic mass is 10.0. The molecule has 2 N–H and O–H groups in total. The second-order valence-corrected chi connectivity index (χ2v) is 7.34. The van der Waals surface area contributed by atoms with Gasteiger partial charge in [-0.1, -0.05) is 44.2 Å². The summed E-state index contributed by atoms with van der Waals surface area (Å²) >= 11 is 0. The molecule has 0 aliphatic carbocycles. The van der Waals surface area contributed by atoms with Gasteiger partial charge in [0.1, 0.15) is 23.9 Å². The number of rotatable bonds is 8. The third kappa shape index (κ3) is 6.37. The van der Waals surface area contributed by atoms with Crippen LogP contribution in [-0.4, -0.2) is 18.4 Å².